The molecule has 1 aromatic rings. The Morgan fingerprint density at radius 2 is 1.69 bits per heavy atom. The normalized spacial score (nSPS) is 8.00. The molecule has 0 aliphatic rings. The lowest BCUT2D eigenvalue weighted by Gasteiger charge is -1.94. The second kappa shape index (κ2) is 8.60. The van der Waals surface area contributed by atoms with Crippen LogP contribution in [0.2, 0.25) is 0 Å². The maximum Gasteiger partial charge on any atom is -0.0136 e. The van der Waals surface area contributed by atoms with Crippen LogP contribution in [0.1, 0.15) is 12.0 Å². The van der Waals surface area contributed by atoms with E-state index in [1.165, 1.54) is 11.8 Å². The highest BCUT2D eigenvalue weighted by atomic mass is 14.5. The smallest absolute Gasteiger partial charge is 0.0136 e. The summed E-state index contributed by atoms with van der Waals surface area (Å²) in [7, 11) is 0. The average molecular weight is 175 g/mol. The van der Waals surface area contributed by atoms with E-state index in [0.717, 1.165) is 12.8 Å². The molecule has 0 aliphatic heterocycles. The van der Waals surface area contributed by atoms with Crippen LogP contribution in [0.3, 0.4) is 0 Å². The largest absolute Gasteiger partial charge is 0.405 e. The van der Waals surface area contributed by atoms with Gasteiger partial charge in [-0.15, -0.1) is 6.58 Å². The molecule has 13 heavy (non-hydrogen) atoms. The molecule has 1 rings (SSSR count). The highest BCUT2D eigenvalue weighted by molar-refractivity contribution is 5.14. The van der Waals surface area contributed by atoms with Gasteiger partial charge in [-0.3, -0.25) is 0 Å². The van der Waals surface area contributed by atoms with Crippen molar-refractivity contribution in [2.75, 3.05) is 0 Å². The Morgan fingerprint density at radius 3 is 2.15 bits per heavy atom. The molecule has 0 amide bonds. The molecule has 0 fully saturated rings. The Hall–Kier alpha value is -1.50. The molecule has 70 valence electrons. The van der Waals surface area contributed by atoms with E-state index >= 15 is 0 Å². The van der Waals surface area contributed by atoms with Gasteiger partial charge in [-0.25, -0.2) is 0 Å². The van der Waals surface area contributed by atoms with Crippen LogP contribution >= 0.6 is 0 Å². The van der Waals surface area contributed by atoms with Gasteiger partial charge in [0.15, 0.2) is 0 Å². The summed E-state index contributed by atoms with van der Waals surface area (Å²) in [5, 5.41) is 0. The van der Waals surface area contributed by atoms with Gasteiger partial charge in [-0.05, 0) is 24.6 Å². The van der Waals surface area contributed by atoms with Gasteiger partial charge in [0.2, 0.25) is 0 Å². The lowest BCUT2D eigenvalue weighted by atomic mass is 10.1. The second-order valence-electron chi connectivity index (χ2n) is 2.55. The van der Waals surface area contributed by atoms with Gasteiger partial charge < -0.3 is 5.73 Å². The highest BCUT2D eigenvalue weighted by Gasteiger charge is 1.85. The van der Waals surface area contributed by atoms with E-state index in [1.807, 2.05) is 12.1 Å². The maximum absolute atomic E-state index is 4.61. The molecule has 0 unspecified atom stereocenters. The third kappa shape index (κ3) is 6.88. The van der Waals surface area contributed by atoms with Crippen LogP contribution in [0.4, 0.5) is 0 Å². The Kier molecular flexibility index (Phi) is 7.60. The minimum absolute atomic E-state index is 1.07. The summed E-state index contributed by atoms with van der Waals surface area (Å²) in [5.41, 5.74) is 6.00. The summed E-state index contributed by atoms with van der Waals surface area (Å²) in [6.45, 7) is 6.81. The SMILES string of the molecule is C=CCCc1ccccc1.C=CN. The molecule has 0 spiro atoms. The average Bonchev–Trinajstić information content (AvgIpc) is 2.18. The minimum atomic E-state index is 1.07. The predicted molar refractivity (Wildman–Crippen MR) is 59.3 cm³/mol. The molecule has 1 aromatic carbocycles. The molecule has 0 heterocycles. The van der Waals surface area contributed by atoms with Crippen molar-refractivity contribution in [3.63, 3.8) is 0 Å². The monoisotopic (exact) mass is 175 g/mol. The molecule has 0 bridgehead atoms. The summed E-state index contributed by atoms with van der Waals surface area (Å²) in [6, 6.07) is 10.5. The summed E-state index contributed by atoms with van der Waals surface area (Å²) in [4.78, 5) is 0. The number of benzene rings is 1. The third-order valence-electron chi connectivity index (χ3n) is 1.48. The third-order valence-corrected chi connectivity index (χ3v) is 1.48. The van der Waals surface area contributed by atoms with Crippen molar-refractivity contribution < 1.29 is 0 Å². The van der Waals surface area contributed by atoms with Crippen LogP contribution in [0, 0.1) is 0 Å². The Morgan fingerprint density at radius 1 is 1.15 bits per heavy atom. The second-order valence-corrected chi connectivity index (χ2v) is 2.55. The predicted octanol–water partition coefficient (Wildman–Crippen LogP) is 2.89. The van der Waals surface area contributed by atoms with Crippen molar-refractivity contribution in [3.8, 4) is 0 Å². The molecule has 2 N–H and O–H groups in total. The van der Waals surface area contributed by atoms with Crippen LogP contribution in [0.25, 0.3) is 0 Å². The molecular weight excluding hydrogens is 158 g/mol. The van der Waals surface area contributed by atoms with E-state index in [-0.39, 0.29) is 0 Å². The first kappa shape index (κ1) is 11.5. The fourth-order valence-electron chi connectivity index (χ4n) is 0.913. The summed E-state index contributed by atoms with van der Waals surface area (Å²) in [6.07, 6.45) is 5.39. The van der Waals surface area contributed by atoms with Crippen molar-refractivity contribution in [3.05, 3.63) is 61.3 Å². The van der Waals surface area contributed by atoms with Crippen molar-refractivity contribution in [1.82, 2.24) is 0 Å². The standard InChI is InChI=1S/C10H12.C2H5N/c1-2-3-7-10-8-5-4-6-9-10;1-2-3/h2,4-6,8-9H,1,3,7H2;2H,1,3H2. The van der Waals surface area contributed by atoms with Gasteiger partial charge in [0.05, 0.1) is 0 Å². The summed E-state index contributed by atoms with van der Waals surface area (Å²) >= 11 is 0. The fraction of sp³-hybridized carbons (Fsp3) is 0.167. The number of rotatable bonds is 3. The van der Waals surface area contributed by atoms with Crippen LogP contribution in [-0.4, -0.2) is 0 Å². The van der Waals surface area contributed by atoms with Crippen LogP contribution in [0.15, 0.2) is 55.8 Å². The Labute approximate surface area is 80.6 Å². The Balaban J connectivity index is 0.000000424. The maximum atomic E-state index is 4.61. The van der Waals surface area contributed by atoms with Crippen molar-refractivity contribution in [1.29, 1.82) is 0 Å². The number of allylic oxidation sites excluding steroid dienone is 1. The first-order valence-electron chi connectivity index (χ1n) is 4.32. The minimum Gasteiger partial charge on any atom is -0.405 e. The van der Waals surface area contributed by atoms with E-state index in [0.29, 0.717) is 0 Å². The van der Waals surface area contributed by atoms with E-state index in [1.54, 1.807) is 0 Å². The lowest BCUT2D eigenvalue weighted by Crippen LogP contribution is -1.79. The van der Waals surface area contributed by atoms with Gasteiger partial charge in [0.25, 0.3) is 0 Å². The lowest BCUT2D eigenvalue weighted by molar-refractivity contribution is 1.00. The van der Waals surface area contributed by atoms with Gasteiger partial charge in [0, 0.05) is 0 Å². The highest BCUT2D eigenvalue weighted by Crippen LogP contribution is 2.01. The fourth-order valence-corrected chi connectivity index (χ4v) is 0.913. The van der Waals surface area contributed by atoms with Crippen LogP contribution < -0.4 is 5.73 Å². The first-order chi connectivity index (χ1) is 6.35. The number of aryl methyl sites for hydroxylation is 1. The molecular formula is C12H17N. The quantitative estimate of drug-likeness (QED) is 0.702. The molecule has 0 aliphatic carbocycles. The zero-order valence-electron chi connectivity index (χ0n) is 7.95. The summed E-state index contributed by atoms with van der Waals surface area (Å²) in [5.74, 6) is 0. The van der Waals surface area contributed by atoms with Gasteiger partial charge >= 0.3 is 0 Å². The number of hydrogen-bond acceptors (Lipinski definition) is 1. The molecule has 1 nitrogen and oxygen atoms in total. The van der Waals surface area contributed by atoms with Crippen molar-refractivity contribution >= 4 is 0 Å². The van der Waals surface area contributed by atoms with Gasteiger partial charge in [-0.1, -0.05) is 43.0 Å². The molecule has 1 heteroatoms. The Bertz CT molecular complexity index is 226. The van der Waals surface area contributed by atoms with Crippen molar-refractivity contribution in [2.45, 2.75) is 12.8 Å². The zero-order valence-corrected chi connectivity index (χ0v) is 7.95. The van der Waals surface area contributed by atoms with Crippen LogP contribution in [0.5, 0.6) is 0 Å². The number of hydrogen-bond donors (Lipinski definition) is 1. The van der Waals surface area contributed by atoms with Gasteiger partial charge in [-0.2, -0.15) is 0 Å². The molecule has 0 saturated carbocycles. The van der Waals surface area contributed by atoms with E-state index < -0.39 is 0 Å². The first-order valence-corrected chi connectivity index (χ1v) is 4.32. The number of nitrogens with two attached hydrogens (primary N) is 1. The molecule has 0 atom stereocenters. The molecule has 0 aromatic heterocycles. The zero-order chi connectivity index (χ0) is 9.94. The topological polar surface area (TPSA) is 26.0 Å². The van der Waals surface area contributed by atoms with Crippen LogP contribution in [-0.2, 0) is 6.42 Å². The summed E-state index contributed by atoms with van der Waals surface area (Å²) < 4.78 is 0. The van der Waals surface area contributed by atoms with E-state index in [2.05, 4.69) is 43.2 Å². The van der Waals surface area contributed by atoms with Gasteiger partial charge in [0.1, 0.15) is 0 Å². The van der Waals surface area contributed by atoms with E-state index in [4.69, 9.17) is 0 Å². The van der Waals surface area contributed by atoms with E-state index in [9.17, 15) is 0 Å². The van der Waals surface area contributed by atoms with Crippen molar-refractivity contribution in [2.24, 2.45) is 5.73 Å². The molecule has 0 saturated heterocycles. The molecule has 0 radical (unpaired) electrons.